The van der Waals surface area contributed by atoms with E-state index in [0.29, 0.717) is 5.75 Å². The highest BCUT2D eigenvalue weighted by Gasteiger charge is 2.19. The molecule has 0 aromatic heterocycles. The smallest absolute Gasteiger partial charge is 0.242 e. The monoisotopic (exact) mass is 350 g/mol. The van der Waals surface area contributed by atoms with Gasteiger partial charge >= 0.3 is 0 Å². The van der Waals surface area contributed by atoms with E-state index in [-0.39, 0.29) is 11.8 Å². The molecule has 0 radical (unpaired) electrons. The Morgan fingerprint density at radius 3 is 2.60 bits per heavy atom. The van der Waals surface area contributed by atoms with Crippen LogP contribution in [0.3, 0.4) is 0 Å². The Bertz CT molecular complexity index is 577. The molecule has 2 rings (SSSR count). The molecule has 104 valence electrons. The van der Waals surface area contributed by atoms with E-state index in [9.17, 15) is 4.79 Å². The minimum atomic E-state index is -0.259. The van der Waals surface area contributed by atoms with Gasteiger partial charge in [0.25, 0.3) is 0 Å². The summed E-state index contributed by atoms with van der Waals surface area (Å²) in [7, 11) is 0. The van der Waals surface area contributed by atoms with Crippen LogP contribution in [0.5, 0.6) is 0 Å². The fourth-order valence-electron chi connectivity index (χ4n) is 1.85. The summed E-state index contributed by atoms with van der Waals surface area (Å²) in [4.78, 5) is 13.1. The highest BCUT2D eigenvalue weighted by molar-refractivity contribution is 9.10. The van der Waals surface area contributed by atoms with Crippen molar-refractivity contribution in [2.24, 2.45) is 5.84 Å². The molecule has 0 heterocycles. The van der Waals surface area contributed by atoms with E-state index in [1.54, 1.807) is 11.8 Å². The molecular formula is C15H15BrN2OS. The molecule has 5 heteroatoms. The number of nitrogens with two attached hydrogens (primary N) is 1. The molecular weight excluding hydrogens is 336 g/mol. The van der Waals surface area contributed by atoms with Crippen LogP contribution < -0.4 is 11.3 Å². The second-order valence-electron chi connectivity index (χ2n) is 4.24. The molecule has 1 unspecified atom stereocenters. The van der Waals surface area contributed by atoms with Crippen molar-refractivity contribution in [1.29, 1.82) is 0 Å². The molecule has 0 spiro atoms. The molecule has 0 aliphatic rings. The number of carbonyl (C=O) groups is 1. The van der Waals surface area contributed by atoms with Gasteiger partial charge in [0, 0.05) is 15.1 Å². The lowest BCUT2D eigenvalue weighted by atomic mass is 10.0. The maximum Gasteiger partial charge on any atom is 0.242 e. The van der Waals surface area contributed by atoms with E-state index < -0.39 is 0 Å². The maximum absolute atomic E-state index is 11.9. The third-order valence-corrected chi connectivity index (χ3v) is 4.45. The van der Waals surface area contributed by atoms with Crippen molar-refractivity contribution < 1.29 is 4.79 Å². The number of hydrogen-bond acceptors (Lipinski definition) is 3. The number of halogens is 1. The Morgan fingerprint density at radius 1 is 1.20 bits per heavy atom. The van der Waals surface area contributed by atoms with Gasteiger partial charge in [0.05, 0.1) is 5.92 Å². The summed E-state index contributed by atoms with van der Waals surface area (Å²) in [6.07, 6.45) is 0. The Morgan fingerprint density at radius 2 is 1.95 bits per heavy atom. The van der Waals surface area contributed by atoms with Crippen molar-refractivity contribution >= 4 is 33.6 Å². The first-order valence-electron chi connectivity index (χ1n) is 6.14. The van der Waals surface area contributed by atoms with Crippen LogP contribution in [0.2, 0.25) is 0 Å². The zero-order valence-corrected chi connectivity index (χ0v) is 13.2. The topological polar surface area (TPSA) is 55.1 Å². The average Bonchev–Trinajstić information content (AvgIpc) is 2.48. The normalized spacial score (nSPS) is 11.9. The lowest BCUT2D eigenvalue weighted by molar-refractivity contribution is -0.122. The number of amides is 1. The van der Waals surface area contributed by atoms with E-state index in [1.165, 1.54) is 0 Å². The highest BCUT2D eigenvalue weighted by atomic mass is 79.9. The van der Waals surface area contributed by atoms with E-state index in [4.69, 9.17) is 5.84 Å². The van der Waals surface area contributed by atoms with Gasteiger partial charge in [-0.2, -0.15) is 0 Å². The van der Waals surface area contributed by atoms with Gasteiger partial charge in [-0.1, -0.05) is 52.3 Å². The highest BCUT2D eigenvalue weighted by Crippen LogP contribution is 2.28. The van der Waals surface area contributed by atoms with Crippen molar-refractivity contribution in [3.63, 3.8) is 0 Å². The Labute approximate surface area is 131 Å². The third-order valence-electron chi connectivity index (χ3n) is 2.87. The van der Waals surface area contributed by atoms with Crippen LogP contribution in [0.25, 0.3) is 0 Å². The fraction of sp³-hybridized carbons (Fsp3) is 0.133. The van der Waals surface area contributed by atoms with Crippen LogP contribution in [0.15, 0.2) is 64.0 Å². The van der Waals surface area contributed by atoms with E-state index in [0.717, 1.165) is 14.9 Å². The molecule has 2 aromatic carbocycles. The molecule has 0 fully saturated rings. The van der Waals surface area contributed by atoms with Crippen LogP contribution in [-0.2, 0) is 4.79 Å². The van der Waals surface area contributed by atoms with Crippen LogP contribution in [0, 0.1) is 0 Å². The molecule has 0 saturated heterocycles. The maximum atomic E-state index is 11.9. The van der Waals surface area contributed by atoms with Gasteiger partial charge < -0.3 is 0 Å². The minimum absolute atomic E-state index is 0.168. The van der Waals surface area contributed by atoms with Gasteiger partial charge in [-0.15, -0.1) is 11.8 Å². The SMILES string of the molecule is NNC(=O)C(CSc1cccc(Br)c1)c1ccccc1. The van der Waals surface area contributed by atoms with Crippen LogP contribution >= 0.6 is 27.7 Å². The molecule has 20 heavy (non-hydrogen) atoms. The molecule has 1 amide bonds. The lowest BCUT2D eigenvalue weighted by Gasteiger charge is -2.15. The Balaban J connectivity index is 2.11. The molecule has 2 aromatic rings. The van der Waals surface area contributed by atoms with Crippen molar-refractivity contribution in [2.45, 2.75) is 10.8 Å². The molecule has 3 nitrogen and oxygen atoms in total. The number of benzene rings is 2. The number of thioether (sulfide) groups is 1. The van der Waals surface area contributed by atoms with Gasteiger partial charge in [-0.3, -0.25) is 10.2 Å². The third kappa shape index (κ3) is 4.10. The standard InChI is InChI=1S/C15H15BrN2OS/c16-12-7-4-8-13(9-12)20-10-14(15(19)18-17)11-5-2-1-3-6-11/h1-9,14H,10,17H2,(H,18,19). The van der Waals surface area contributed by atoms with Gasteiger partial charge in [-0.05, 0) is 23.8 Å². The van der Waals surface area contributed by atoms with Crippen molar-refractivity contribution in [3.8, 4) is 0 Å². The van der Waals surface area contributed by atoms with Gasteiger partial charge in [-0.25, -0.2) is 5.84 Å². The summed E-state index contributed by atoms with van der Waals surface area (Å²) in [5, 5.41) is 0. The zero-order valence-electron chi connectivity index (χ0n) is 10.8. The average molecular weight is 351 g/mol. The van der Waals surface area contributed by atoms with Gasteiger partial charge in [0.2, 0.25) is 5.91 Å². The molecule has 0 aliphatic heterocycles. The molecule has 1 atom stereocenters. The predicted molar refractivity (Wildman–Crippen MR) is 86.4 cm³/mol. The van der Waals surface area contributed by atoms with Crippen LogP contribution in [-0.4, -0.2) is 11.7 Å². The number of nitrogens with one attached hydrogen (secondary N) is 1. The molecule has 0 aliphatic carbocycles. The van der Waals surface area contributed by atoms with Crippen molar-refractivity contribution in [3.05, 3.63) is 64.6 Å². The quantitative estimate of drug-likeness (QED) is 0.376. The van der Waals surface area contributed by atoms with E-state index >= 15 is 0 Å². The summed E-state index contributed by atoms with van der Waals surface area (Å²) in [6, 6.07) is 17.7. The number of hydrazine groups is 1. The molecule has 0 saturated carbocycles. The first-order valence-corrected chi connectivity index (χ1v) is 7.92. The van der Waals surface area contributed by atoms with Gasteiger partial charge in [0.15, 0.2) is 0 Å². The fourth-order valence-corrected chi connectivity index (χ4v) is 3.48. The summed E-state index contributed by atoms with van der Waals surface area (Å²) in [5.41, 5.74) is 3.22. The summed E-state index contributed by atoms with van der Waals surface area (Å²) < 4.78 is 1.03. The predicted octanol–water partition coefficient (Wildman–Crippen LogP) is 3.31. The van der Waals surface area contributed by atoms with Crippen LogP contribution in [0.1, 0.15) is 11.5 Å². The van der Waals surface area contributed by atoms with E-state index in [1.807, 2.05) is 54.6 Å². The van der Waals surface area contributed by atoms with Gasteiger partial charge in [0.1, 0.15) is 0 Å². The van der Waals surface area contributed by atoms with Crippen LogP contribution in [0.4, 0.5) is 0 Å². The molecule has 3 N–H and O–H groups in total. The number of hydrogen-bond donors (Lipinski definition) is 2. The number of rotatable bonds is 5. The summed E-state index contributed by atoms with van der Waals surface area (Å²) >= 11 is 5.08. The van der Waals surface area contributed by atoms with Crippen molar-refractivity contribution in [2.75, 3.05) is 5.75 Å². The molecule has 0 bridgehead atoms. The number of carbonyl (C=O) groups excluding carboxylic acids is 1. The minimum Gasteiger partial charge on any atom is -0.294 e. The Hall–Kier alpha value is -1.30. The summed E-state index contributed by atoms with van der Waals surface area (Å²) in [6.45, 7) is 0. The first kappa shape index (κ1) is 15.1. The second kappa shape index (κ2) is 7.47. The second-order valence-corrected chi connectivity index (χ2v) is 6.25. The van der Waals surface area contributed by atoms with Crippen molar-refractivity contribution in [1.82, 2.24) is 5.43 Å². The van der Waals surface area contributed by atoms with E-state index in [2.05, 4.69) is 21.4 Å². The lowest BCUT2D eigenvalue weighted by Crippen LogP contribution is -2.35. The Kier molecular flexibility index (Phi) is 5.64. The first-order chi connectivity index (χ1) is 9.70. The zero-order chi connectivity index (χ0) is 14.4. The largest absolute Gasteiger partial charge is 0.294 e. The summed E-state index contributed by atoms with van der Waals surface area (Å²) in [5.74, 6) is 5.50.